The molecule has 0 saturated carbocycles. The van der Waals surface area contributed by atoms with E-state index in [9.17, 15) is 18.0 Å². The number of carbonyl (C=O) groups excluding carboxylic acids is 1. The Kier molecular flexibility index (Phi) is 5.07. The van der Waals surface area contributed by atoms with Gasteiger partial charge in [0, 0.05) is 19.3 Å². The first-order valence-electron chi connectivity index (χ1n) is 8.03. The molecule has 1 unspecified atom stereocenters. The molecule has 1 saturated heterocycles. The van der Waals surface area contributed by atoms with Gasteiger partial charge in [-0.1, -0.05) is 0 Å². The van der Waals surface area contributed by atoms with Gasteiger partial charge in [0.1, 0.15) is 5.52 Å². The Morgan fingerprint density at radius 3 is 3.08 bits per heavy atom. The van der Waals surface area contributed by atoms with Crippen LogP contribution < -0.4 is 10.6 Å². The SMILES string of the molecule is O=C(NCC1CCCN(CC(F)(F)F)C1)Nc1cnc2[nH]ccc2n1. The number of halogens is 3. The summed E-state index contributed by atoms with van der Waals surface area (Å²) in [4.78, 5) is 24.6. The van der Waals surface area contributed by atoms with Crippen LogP contribution in [0, 0.1) is 5.92 Å². The second-order valence-corrected chi connectivity index (χ2v) is 6.16. The van der Waals surface area contributed by atoms with Gasteiger partial charge in [0.15, 0.2) is 11.5 Å². The number of nitrogens with zero attached hydrogens (tertiary/aromatic N) is 3. The van der Waals surface area contributed by atoms with E-state index in [4.69, 9.17) is 0 Å². The van der Waals surface area contributed by atoms with Gasteiger partial charge in [-0.3, -0.25) is 10.2 Å². The molecule has 7 nitrogen and oxygen atoms in total. The molecule has 1 atom stereocenters. The van der Waals surface area contributed by atoms with E-state index in [0.717, 1.165) is 6.42 Å². The van der Waals surface area contributed by atoms with Crippen molar-refractivity contribution in [2.24, 2.45) is 5.92 Å². The van der Waals surface area contributed by atoms with Gasteiger partial charge in [-0.15, -0.1) is 0 Å². The lowest BCUT2D eigenvalue weighted by molar-refractivity contribution is -0.149. The van der Waals surface area contributed by atoms with Gasteiger partial charge in [0.2, 0.25) is 0 Å². The van der Waals surface area contributed by atoms with Crippen LogP contribution in [-0.2, 0) is 0 Å². The molecular formula is C15H19F3N6O. The number of hydrogen-bond donors (Lipinski definition) is 3. The van der Waals surface area contributed by atoms with Crippen LogP contribution in [0.3, 0.4) is 0 Å². The third-order valence-electron chi connectivity index (χ3n) is 4.06. The highest BCUT2D eigenvalue weighted by Gasteiger charge is 2.33. The summed E-state index contributed by atoms with van der Waals surface area (Å²) in [5, 5.41) is 5.27. The Balaban J connectivity index is 1.46. The molecule has 1 fully saturated rings. The van der Waals surface area contributed by atoms with Crippen molar-refractivity contribution in [3.8, 4) is 0 Å². The van der Waals surface area contributed by atoms with Crippen LogP contribution in [-0.4, -0.2) is 58.2 Å². The lowest BCUT2D eigenvalue weighted by Gasteiger charge is -2.33. The minimum atomic E-state index is -4.19. The number of aromatic amines is 1. The maximum absolute atomic E-state index is 12.5. The number of H-pyrrole nitrogens is 1. The molecular weight excluding hydrogens is 337 g/mol. The van der Waals surface area contributed by atoms with E-state index >= 15 is 0 Å². The van der Waals surface area contributed by atoms with E-state index in [1.54, 1.807) is 12.3 Å². The van der Waals surface area contributed by atoms with Crippen LogP contribution in [0.4, 0.5) is 23.8 Å². The molecule has 1 aliphatic rings. The molecule has 2 aromatic heterocycles. The Hall–Kier alpha value is -2.36. The highest BCUT2D eigenvalue weighted by molar-refractivity contribution is 5.89. The topological polar surface area (TPSA) is 85.9 Å². The molecule has 2 amide bonds. The van der Waals surface area contributed by atoms with E-state index < -0.39 is 18.8 Å². The Bertz CT molecular complexity index is 731. The third kappa shape index (κ3) is 5.05. The zero-order valence-corrected chi connectivity index (χ0v) is 13.4. The van der Waals surface area contributed by atoms with Crippen molar-refractivity contribution in [3.05, 3.63) is 18.5 Å². The predicted molar refractivity (Wildman–Crippen MR) is 86.1 cm³/mol. The fraction of sp³-hybridized carbons (Fsp3) is 0.533. The highest BCUT2D eigenvalue weighted by atomic mass is 19.4. The second-order valence-electron chi connectivity index (χ2n) is 6.16. The quantitative estimate of drug-likeness (QED) is 0.785. The van der Waals surface area contributed by atoms with Crippen molar-refractivity contribution in [3.63, 3.8) is 0 Å². The van der Waals surface area contributed by atoms with Gasteiger partial charge in [-0.2, -0.15) is 13.2 Å². The number of urea groups is 1. The number of likely N-dealkylation sites (tertiary alicyclic amines) is 1. The van der Waals surface area contributed by atoms with Crippen molar-refractivity contribution in [1.29, 1.82) is 0 Å². The largest absolute Gasteiger partial charge is 0.401 e. The summed E-state index contributed by atoms with van der Waals surface area (Å²) in [7, 11) is 0. The zero-order chi connectivity index (χ0) is 17.9. The minimum Gasteiger partial charge on any atom is -0.345 e. The molecule has 25 heavy (non-hydrogen) atoms. The maximum atomic E-state index is 12.5. The third-order valence-corrected chi connectivity index (χ3v) is 4.06. The Morgan fingerprint density at radius 2 is 2.28 bits per heavy atom. The summed E-state index contributed by atoms with van der Waals surface area (Å²) in [6, 6.07) is 1.29. The highest BCUT2D eigenvalue weighted by Crippen LogP contribution is 2.22. The molecule has 3 heterocycles. The smallest absolute Gasteiger partial charge is 0.345 e. The van der Waals surface area contributed by atoms with Gasteiger partial charge in [-0.05, 0) is 31.4 Å². The molecule has 0 radical (unpaired) electrons. The first kappa shape index (κ1) is 17.5. The molecule has 0 spiro atoms. The van der Waals surface area contributed by atoms with Crippen LogP contribution in [0.15, 0.2) is 18.5 Å². The van der Waals surface area contributed by atoms with Crippen LogP contribution in [0.1, 0.15) is 12.8 Å². The summed E-state index contributed by atoms with van der Waals surface area (Å²) in [5.74, 6) is 0.312. The van der Waals surface area contributed by atoms with Crippen molar-refractivity contribution >= 4 is 23.0 Å². The van der Waals surface area contributed by atoms with Crippen LogP contribution in [0.25, 0.3) is 11.2 Å². The monoisotopic (exact) mass is 356 g/mol. The fourth-order valence-electron chi connectivity index (χ4n) is 3.00. The Morgan fingerprint density at radius 1 is 1.44 bits per heavy atom. The molecule has 3 rings (SSSR count). The molecule has 0 bridgehead atoms. The van der Waals surface area contributed by atoms with Gasteiger partial charge >= 0.3 is 12.2 Å². The van der Waals surface area contributed by atoms with Crippen molar-refractivity contribution in [2.75, 3.05) is 31.5 Å². The van der Waals surface area contributed by atoms with Crippen molar-refractivity contribution in [1.82, 2.24) is 25.2 Å². The van der Waals surface area contributed by atoms with E-state index in [0.29, 0.717) is 43.0 Å². The first-order valence-corrected chi connectivity index (χ1v) is 8.03. The second kappa shape index (κ2) is 7.26. The number of alkyl halides is 3. The summed E-state index contributed by atoms with van der Waals surface area (Å²) in [6.45, 7) is 0.186. The number of hydrogen-bond acceptors (Lipinski definition) is 4. The zero-order valence-electron chi connectivity index (χ0n) is 13.4. The van der Waals surface area contributed by atoms with Gasteiger partial charge in [0.25, 0.3) is 0 Å². The number of amides is 2. The summed E-state index contributed by atoms with van der Waals surface area (Å²) >= 11 is 0. The van der Waals surface area contributed by atoms with Crippen LogP contribution >= 0.6 is 0 Å². The minimum absolute atomic E-state index is 0.0000816. The average molecular weight is 356 g/mol. The number of rotatable bonds is 4. The maximum Gasteiger partial charge on any atom is 0.401 e. The number of piperidine rings is 1. The van der Waals surface area contributed by atoms with Crippen molar-refractivity contribution < 1.29 is 18.0 Å². The van der Waals surface area contributed by atoms with Crippen LogP contribution in [0.2, 0.25) is 0 Å². The normalized spacial score (nSPS) is 19.1. The van der Waals surface area contributed by atoms with E-state index in [1.807, 2.05) is 0 Å². The van der Waals surface area contributed by atoms with E-state index in [2.05, 4.69) is 25.6 Å². The van der Waals surface area contributed by atoms with Crippen molar-refractivity contribution in [2.45, 2.75) is 19.0 Å². The number of aromatic nitrogens is 3. The lowest BCUT2D eigenvalue weighted by atomic mass is 9.98. The molecule has 1 aliphatic heterocycles. The molecule has 136 valence electrons. The summed E-state index contributed by atoms with van der Waals surface area (Å²) in [6.07, 6.45) is 0.431. The Labute approximate surface area is 142 Å². The van der Waals surface area contributed by atoms with Gasteiger partial charge in [-0.25, -0.2) is 14.8 Å². The van der Waals surface area contributed by atoms with Crippen LogP contribution in [0.5, 0.6) is 0 Å². The lowest BCUT2D eigenvalue weighted by Crippen LogP contribution is -2.45. The first-order chi connectivity index (χ1) is 11.9. The number of fused-ring (bicyclic) bond motifs is 1. The fourth-order valence-corrected chi connectivity index (χ4v) is 3.00. The number of nitrogens with one attached hydrogen (secondary N) is 3. The van der Waals surface area contributed by atoms with E-state index in [-0.39, 0.29) is 5.92 Å². The number of carbonyl (C=O) groups is 1. The van der Waals surface area contributed by atoms with Gasteiger partial charge < -0.3 is 10.3 Å². The standard InChI is InChI=1S/C15H19F3N6O/c16-15(17,18)9-24-5-1-2-10(8-24)6-21-14(25)23-12-7-20-13-11(22-12)3-4-19-13/h3-4,7,10H,1-2,5-6,8-9H2,(H,19,20)(H2,21,22,23,25). The predicted octanol–water partition coefficient (Wildman–Crippen LogP) is 2.35. The molecule has 0 aromatic carbocycles. The summed E-state index contributed by atoms with van der Waals surface area (Å²) in [5.41, 5.74) is 1.26. The average Bonchev–Trinajstić information content (AvgIpc) is 2.99. The molecule has 0 aliphatic carbocycles. The summed E-state index contributed by atoms with van der Waals surface area (Å²) < 4.78 is 37.4. The van der Waals surface area contributed by atoms with Gasteiger partial charge in [0.05, 0.1) is 12.7 Å². The number of anilines is 1. The molecule has 3 N–H and O–H groups in total. The molecule has 10 heteroatoms. The van der Waals surface area contributed by atoms with E-state index in [1.165, 1.54) is 11.1 Å². The molecule has 2 aromatic rings.